The van der Waals surface area contributed by atoms with Crippen LogP contribution in [0.1, 0.15) is 18.4 Å². The molecular formula is C23H30N4O3S. The fraction of sp³-hybridized carbons (Fsp3) is 0.435. The largest absolute Gasteiger partial charge is 0.370 e. The Bertz CT molecular complexity index is 1010. The van der Waals surface area contributed by atoms with Gasteiger partial charge in [-0.1, -0.05) is 29.8 Å². The van der Waals surface area contributed by atoms with Gasteiger partial charge in [0.25, 0.3) is 0 Å². The first-order valence-electron chi connectivity index (χ1n) is 10.9. The van der Waals surface area contributed by atoms with E-state index >= 15 is 0 Å². The highest BCUT2D eigenvalue weighted by molar-refractivity contribution is 7.89. The summed E-state index contributed by atoms with van der Waals surface area (Å²) in [5.41, 5.74) is 2.94. The van der Waals surface area contributed by atoms with Crippen molar-refractivity contribution < 1.29 is 13.2 Å². The molecule has 0 unspecified atom stereocenters. The van der Waals surface area contributed by atoms with Crippen molar-refractivity contribution in [3.63, 3.8) is 0 Å². The van der Waals surface area contributed by atoms with Gasteiger partial charge in [-0.25, -0.2) is 8.42 Å². The monoisotopic (exact) mass is 442 g/mol. The summed E-state index contributed by atoms with van der Waals surface area (Å²) >= 11 is 0. The second-order valence-electron chi connectivity index (χ2n) is 8.25. The summed E-state index contributed by atoms with van der Waals surface area (Å²) in [6.45, 7) is 6.06. The summed E-state index contributed by atoms with van der Waals surface area (Å²) in [6.07, 6.45) is 2.36. The Morgan fingerprint density at radius 3 is 2.23 bits per heavy atom. The van der Waals surface area contributed by atoms with Crippen molar-refractivity contribution in [3.8, 4) is 0 Å². The molecule has 0 saturated carbocycles. The third kappa shape index (κ3) is 5.08. The van der Waals surface area contributed by atoms with Crippen LogP contribution in [0.25, 0.3) is 0 Å². The van der Waals surface area contributed by atoms with Gasteiger partial charge in [0.15, 0.2) is 0 Å². The number of carbonyl (C=O) groups is 1. The number of hydrogen-bond donors (Lipinski definition) is 1. The summed E-state index contributed by atoms with van der Waals surface area (Å²) in [4.78, 5) is 17.3. The van der Waals surface area contributed by atoms with E-state index in [-0.39, 0.29) is 12.5 Å². The fourth-order valence-corrected chi connectivity index (χ4v) is 5.62. The number of nitrogens with one attached hydrogen (secondary N) is 1. The van der Waals surface area contributed by atoms with Crippen molar-refractivity contribution in [2.45, 2.75) is 24.7 Å². The fourth-order valence-electron chi connectivity index (χ4n) is 4.19. The molecule has 2 heterocycles. The number of benzene rings is 2. The highest BCUT2D eigenvalue weighted by Crippen LogP contribution is 2.28. The lowest BCUT2D eigenvalue weighted by Gasteiger charge is -2.33. The van der Waals surface area contributed by atoms with E-state index in [0.29, 0.717) is 31.1 Å². The molecule has 0 aliphatic carbocycles. The minimum atomic E-state index is -3.49. The average Bonchev–Trinajstić information content (AvgIpc) is 3.29. The Labute approximate surface area is 184 Å². The summed E-state index contributed by atoms with van der Waals surface area (Å²) in [5.74, 6) is -0.0681. The van der Waals surface area contributed by atoms with Crippen molar-refractivity contribution in [1.82, 2.24) is 9.21 Å². The maximum Gasteiger partial charge on any atom is 0.243 e. The molecule has 0 spiro atoms. The third-order valence-corrected chi connectivity index (χ3v) is 7.89. The minimum absolute atomic E-state index is 0.0681. The Kier molecular flexibility index (Phi) is 6.60. The molecule has 0 atom stereocenters. The SMILES string of the molecule is Cc1ccc(S(=O)(=O)N2CCN(CC(=O)Nc3ccccc3N3CCCC3)CC2)cc1. The van der Waals surface area contributed by atoms with Gasteiger partial charge in [-0.15, -0.1) is 0 Å². The Hall–Kier alpha value is -2.42. The van der Waals surface area contributed by atoms with Crippen LogP contribution in [0.3, 0.4) is 0 Å². The van der Waals surface area contributed by atoms with E-state index in [2.05, 4.69) is 16.3 Å². The zero-order valence-electron chi connectivity index (χ0n) is 18.0. The van der Waals surface area contributed by atoms with Crippen molar-refractivity contribution in [3.05, 3.63) is 54.1 Å². The smallest absolute Gasteiger partial charge is 0.243 e. The predicted molar refractivity (Wildman–Crippen MR) is 123 cm³/mol. The predicted octanol–water partition coefficient (Wildman–Crippen LogP) is 2.54. The Balaban J connectivity index is 1.32. The molecule has 2 aromatic rings. The number of carbonyl (C=O) groups excluding carboxylic acids is 1. The van der Waals surface area contributed by atoms with E-state index < -0.39 is 10.0 Å². The van der Waals surface area contributed by atoms with Gasteiger partial charge in [0.1, 0.15) is 0 Å². The Morgan fingerprint density at radius 1 is 0.903 bits per heavy atom. The molecule has 2 aliphatic rings. The van der Waals surface area contributed by atoms with E-state index in [9.17, 15) is 13.2 Å². The molecule has 0 bridgehead atoms. The summed E-state index contributed by atoms with van der Waals surface area (Å²) in [5, 5.41) is 3.05. The van der Waals surface area contributed by atoms with Gasteiger partial charge >= 0.3 is 0 Å². The van der Waals surface area contributed by atoms with Crippen LogP contribution >= 0.6 is 0 Å². The number of nitrogens with zero attached hydrogens (tertiary/aromatic N) is 3. The molecule has 0 radical (unpaired) electrons. The van der Waals surface area contributed by atoms with Crippen molar-refractivity contribution in [1.29, 1.82) is 0 Å². The van der Waals surface area contributed by atoms with E-state index in [0.717, 1.165) is 30.0 Å². The quantitative estimate of drug-likeness (QED) is 0.744. The maximum atomic E-state index is 12.9. The second-order valence-corrected chi connectivity index (χ2v) is 10.2. The highest BCUT2D eigenvalue weighted by atomic mass is 32.2. The zero-order valence-corrected chi connectivity index (χ0v) is 18.8. The first-order chi connectivity index (χ1) is 14.9. The van der Waals surface area contributed by atoms with Crippen LogP contribution in [0.5, 0.6) is 0 Å². The first kappa shape index (κ1) is 21.8. The molecule has 31 heavy (non-hydrogen) atoms. The van der Waals surface area contributed by atoms with Gasteiger partial charge in [0.05, 0.1) is 22.8 Å². The zero-order chi connectivity index (χ0) is 21.8. The summed E-state index contributed by atoms with van der Waals surface area (Å²) < 4.78 is 27.2. The lowest BCUT2D eigenvalue weighted by Crippen LogP contribution is -2.50. The van der Waals surface area contributed by atoms with Crippen LogP contribution in [0, 0.1) is 6.92 Å². The maximum absolute atomic E-state index is 12.9. The molecule has 8 heteroatoms. The number of hydrogen-bond acceptors (Lipinski definition) is 5. The molecule has 166 valence electrons. The van der Waals surface area contributed by atoms with Crippen LogP contribution in [-0.2, 0) is 14.8 Å². The number of aryl methyl sites for hydroxylation is 1. The van der Waals surface area contributed by atoms with Gasteiger partial charge in [-0.3, -0.25) is 9.69 Å². The molecule has 2 aromatic carbocycles. The highest BCUT2D eigenvalue weighted by Gasteiger charge is 2.29. The van der Waals surface area contributed by atoms with Gasteiger partial charge < -0.3 is 10.2 Å². The Morgan fingerprint density at radius 2 is 1.55 bits per heavy atom. The van der Waals surface area contributed by atoms with Crippen LogP contribution in [0.2, 0.25) is 0 Å². The normalized spacial score (nSPS) is 18.3. The molecule has 1 amide bonds. The lowest BCUT2D eigenvalue weighted by atomic mass is 10.2. The molecule has 2 saturated heterocycles. The molecule has 7 nitrogen and oxygen atoms in total. The molecular weight excluding hydrogens is 412 g/mol. The van der Waals surface area contributed by atoms with E-state index in [1.165, 1.54) is 17.1 Å². The van der Waals surface area contributed by atoms with Crippen LogP contribution in [0.4, 0.5) is 11.4 Å². The van der Waals surface area contributed by atoms with Gasteiger partial charge in [-0.05, 0) is 44.0 Å². The summed E-state index contributed by atoms with van der Waals surface area (Å²) in [6, 6.07) is 14.9. The average molecular weight is 443 g/mol. The lowest BCUT2D eigenvalue weighted by molar-refractivity contribution is -0.117. The van der Waals surface area contributed by atoms with Crippen LogP contribution in [0.15, 0.2) is 53.4 Å². The van der Waals surface area contributed by atoms with Crippen molar-refractivity contribution in [2.75, 3.05) is 56.0 Å². The standard InChI is InChI=1S/C23H30N4O3S/c1-19-8-10-20(11-9-19)31(29,30)27-16-14-25(15-17-27)18-23(28)24-21-6-2-3-7-22(21)26-12-4-5-13-26/h2-3,6-11H,4-5,12-18H2,1H3,(H,24,28). The first-order valence-corrected chi connectivity index (χ1v) is 12.3. The molecule has 1 N–H and O–H groups in total. The molecule has 4 rings (SSSR count). The van der Waals surface area contributed by atoms with Gasteiger partial charge in [0.2, 0.25) is 15.9 Å². The number of para-hydroxylation sites is 2. The van der Waals surface area contributed by atoms with E-state index in [4.69, 9.17) is 0 Å². The summed E-state index contributed by atoms with van der Waals surface area (Å²) in [7, 11) is -3.49. The number of rotatable bonds is 6. The van der Waals surface area contributed by atoms with Gasteiger partial charge in [-0.2, -0.15) is 4.31 Å². The van der Waals surface area contributed by atoms with Gasteiger partial charge in [0, 0.05) is 39.3 Å². The molecule has 0 aromatic heterocycles. The number of amides is 1. The van der Waals surface area contributed by atoms with E-state index in [1.54, 1.807) is 12.1 Å². The van der Waals surface area contributed by atoms with Crippen molar-refractivity contribution in [2.24, 2.45) is 0 Å². The number of piperazine rings is 1. The second kappa shape index (κ2) is 9.38. The van der Waals surface area contributed by atoms with Crippen LogP contribution < -0.4 is 10.2 Å². The topological polar surface area (TPSA) is 73.0 Å². The minimum Gasteiger partial charge on any atom is -0.370 e. The van der Waals surface area contributed by atoms with E-state index in [1.807, 2.05) is 42.2 Å². The molecule has 2 aliphatic heterocycles. The number of anilines is 2. The third-order valence-electron chi connectivity index (χ3n) is 5.98. The molecule has 2 fully saturated rings. The van der Waals surface area contributed by atoms with Crippen molar-refractivity contribution >= 4 is 27.3 Å². The number of sulfonamides is 1. The van der Waals surface area contributed by atoms with Crippen LogP contribution in [-0.4, -0.2) is 69.3 Å².